The molecule has 1 aromatic carbocycles. The van der Waals surface area contributed by atoms with Crippen molar-refractivity contribution in [3.63, 3.8) is 0 Å². The first-order valence-electron chi connectivity index (χ1n) is 8.67. The number of hydrogen-bond donors (Lipinski definition) is 0. The van der Waals surface area contributed by atoms with Crippen LogP contribution in [-0.2, 0) is 14.4 Å². The van der Waals surface area contributed by atoms with Gasteiger partial charge in [-0.3, -0.25) is 4.79 Å². The van der Waals surface area contributed by atoms with Crippen molar-refractivity contribution >= 4 is 17.9 Å². The number of rotatable bonds is 7. The lowest BCUT2D eigenvalue weighted by Gasteiger charge is -2.44. The van der Waals surface area contributed by atoms with E-state index in [1.165, 1.54) is 0 Å². The zero-order chi connectivity index (χ0) is 19.3. The maximum Gasteiger partial charge on any atom is 0.312 e. The van der Waals surface area contributed by atoms with Crippen molar-refractivity contribution in [3.8, 4) is 5.75 Å². The molecule has 1 fully saturated rings. The van der Waals surface area contributed by atoms with Gasteiger partial charge in [-0.15, -0.1) is 0 Å². The number of ether oxygens (including phenoxy) is 1. The highest BCUT2D eigenvalue weighted by atomic mass is 16.5. The Morgan fingerprint density at radius 2 is 1.69 bits per heavy atom. The van der Waals surface area contributed by atoms with Gasteiger partial charge in [-0.05, 0) is 43.4 Å². The first-order valence-corrected chi connectivity index (χ1v) is 8.67. The monoisotopic (exact) mass is 358 g/mol. The SMILES string of the molecule is C=C(C(=O)[O-])C(CC(=O)Oc1ccc(C)cc1)(C(=O)[O-])C1CCCCC1. The van der Waals surface area contributed by atoms with Gasteiger partial charge in [-0.25, -0.2) is 0 Å². The predicted molar refractivity (Wildman–Crippen MR) is 89.6 cm³/mol. The highest BCUT2D eigenvalue weighted by Crippen LogP contribution is 2.45. The van der Waals surface area contributed by atoms with Crippen LogP contribution in [0.25, 0.3) is 0 Å². The van der Waals surface area contributed by atoms with Crippen LogP contribution in [-0.4, -0.2) is 17.9 Å². The van der Waals surface area contributed by atoms with Gasteiger partial charge in [0, 0.05) is 5.41 Å². The number of aryl methyl sites for hydroxylation is 1. The van der Waals surface area contributed by atoms with Crippen LogP contribution in [0.3, 0.4) is 0 Å². The van der Waals surface area contributed by atoms with Crippen LogP contribution in [0.5, 0.6) is 5.75 Å². The molecule has 1 aromatic rings. The molecule has 0 spiro atoms. The summed E-state index contributed by atoms with van der Waals surface area (Å²) < 4.78 is 5.21. The molecular weight excluding hydrogens is 336 g/mol. The van der Waals surface area contributed by atoms with Gasteiger partial charge in [0.2, 0.25) is 0 Å². The second-order valence-corrected chi connectivity index (χ2v) is 6.82. The minimum Gasteiger partial charge on any atom is -0.549 e. The lowest BCUT2D eigenvalue weighted by molar-refractivity contribution is -0.325. The van der Waals surface area contributed by atoms with E-state index in [9.17, 15) is 24.6 Å². The molecule has 0 aromatic heterocycles. The summed E-state index contributed by atoms with van der Waals surface area (Å²) >= 11 is 0. The van der Waals surface area contributed by atoms with Gasteiger partial charge in [0.15, 0.2) is 0 Å². The van der Waals surface area contributed by atoms with Crippen LogP contribution in [0.4, 0.5) is 0 Å². The summed E-state index contributed by atoms with van der Waals surface area (Å²) in [5.41, 5.74) is -1.69. The van der Waals surface area contributed by atoms with Crippen molar-refractivity contribution < 1.29 is 29.3 Å². The zero-order valence-electron chi connectivity index (χ0n) is 14.8. The number of carbonyl (C=O) groups excluding carboxylic acids is 3. The zero-order valence-corrected chi connectivity index (χ0v) is 14.8. The number of carboxylic acids is 2. The summed E-state index contributed by atoms with van der Waals surface area (Å²) in [7, 11) is 0. The highest BCUT2D eigenvalue weighted by Gasteiger charge is 2.45. The molecule has 1 aliphatic carbocycles. The molecule has 0 saturated heterocycles. The topological polar surface area (TPSA) is 107 Å². The van der Waals surface area contributed by atoms with Gasteiger partial charge in [0.1, 0.15) is 5.75 Å². The van der Waals surface area contributed by atoms with Gasteiger partial charge in [-0.1, -0.05) is 43.5 Å². The lowest BCUT2D eigenvalue weighted by Crippen LogP contribution is -2.53. The number of hydrogen-bond acceptors (Lipinski definition) is 6. The average molecular weight is 358 g/mol. The smallest absolute Gasteiger partial charge is 0.312 e. The summed E-state index contributed by atoms with van der Waals surface area (Å²) in [6.07, 6.45) is 2.77. The molecule has 0 N–H and O–H groups in total. The van der Waals surface area contributed by atoms with Gasteiger partial charge in [0.05, 0.1) is 18.4 Å². The fourth-order valence-corrected chi connectivity index (χ4v) is 3.64. The molecule has 6 nitrogen and oxygen atoms in total. The maximum atomic E-state index is 12.4. The van der Waals surface area contributed by atoms with E-state index in [0.717, 1.165) is 24.8 Å². The third kappa shape index (κ3) is 4.12. The van der Waals surface area contributed by atoms with Crippen molar-refractivity contribution in [2.24, 2.45) is 11.3 Å². The van der Waals surface area contributed by atoms with E-state index < -0.39 is 41.2 Å². The fourth-order valence-electron chi connectivity index (χ4n) is 3.64. The summed E-state index contributed by atoms with van der Waals surface area (Å²) in [5, 5.41) is 23.4. The molecule has 0 bridgehead atoms. The third-order valence-electron chi connectivity index (χ3n) is 5.13. The fraction of sp³-hybridized carbons (Fsp3) is 0.450. The molecule has 0 aliphatic heterocycles. The van der Waals surface area contributed by atoms with E-state index in [1.807, 2.05) is 6.92 Å². The highest BCUT2D eigenvalue weighted by molar-refractivity contribution is 5.97. The number of benzene rings is 1. The summed E-state index contributed by atoms with van der Waals surface area (Å²) in [6, 6.07) is 6.66. The van der Waals surface area contributed by atoms with Crippen molar-refractivity contribution in [2.75, 3.05) is 0 Å². The molecule has 1 unspecified atom stereocenters. The molecule has 140 valence electrons. The van der Waals surface area contributed by atoms with Crippen LogP contribution < -0.4 is 14.9 Å². The Bertz CT molecular complexity index is 700. The Labute approximate surface area is 152 Å². The van der Waals surface area contributed by atoms with E-state index in [-0.39, 0.29) is 5.75 Å². The molecule has 2 rings (SSSR count). The quantitative estimate of drug-likeness (QED) is 0.407. The van der Waals surface area contributed by atoms with Gasteiger partial charge in [-0.2, -0.15) is 0 Å². The van der Waals surface area contributed by atoms with E-state index in [2.05, 4.69) is 6.58 Å². The van der Waals surface area contributed by atoms with Crippen molar-refractivity contribution in [3.05, 3.63) is 42.0 Å². The summed E-state index contributed by atoms with van der Waals surface area (Å²) in [6.45, 7) is 5.28. The Morgan fingerprint density at radius 1 is 1.12 bits per heavy atom. The molecule has 1 saturated carbocycles. The Hall–Kier alpha value is -2.63. The second kappa shape index (κ2) is 8.17. The minimum atomic E-state index is -2.03. The predicted octanol–water partition coefficient (Wildman–Crippen LogP) is 0.913. The first-order chi connectivity index (χ1) is 12.3. The molecule has 1 atom stereocenters. The second-order valence-electron chi connectivity index (χ2n) is 6.82. The molecule has 0 amide bonds. The number of esters is 1. The van der Waals surface area contributed by atoms with E-state index in [0.29, 0.717) is 12.8 Å². The molecule has 0 radical (unpaired) electrons. The minimum absolute atomic E-state index is 0.260. The first kappa shape index (κ1) is 19.7. The Morgan fingerprint density at radius 3 is 2.19 bits per heavy atom. The van der Waals surface area contributed by atoms with Crippen LogP contribution >= 0.6 is 0 Å². The van der Waals surface area contributed by atoms with Gasteiger partial charge in [0.25, 0.3) is 0 Å². The molecule has 6 heteroatoms. The van der Waals surface area contributed by atoms with E-state index >= 15 is 0 Å². The number of carbonyl (C=O) groups is 3. The molecule has 26 heavy (non-hydrogen) atoms. The summed E-state index contributed by atoms with van der Waals surface area (Å²) in [5.74, 6) is -4.46. The number of carboxylic acid groups (broad SMARTS) is 2. The molecule has 0 heterocycles. The van der Waals surface area contributed by atoms with Crippen LogP contribution in [0.15, 0.2) is 36.4 Å². The van der Waals surface area contributed by atoms with Gasteiger partial charge < -0.3 is 24.5 Å². The van der Waals surface area contributed by atoms with E-state index in [4.69, 9.17) is 4.74 Å². The van der Waals surface area contributed by atoms with Crippen molar-refractivity contribution in [1.82, 2.24) is 0 Å². The molecular formula is C20H22O6-2. The molecule has 1 aliphatic rings. The number of aliphatic carboxylic acids is 2. The largest absolute Gasteiger partial charge is 0.549 e. The maximum absolute atomic E-state index is 12.4. The van der Waals surface area contributed by atoms with E-state index in [1.54, 1.807) is 24.3 Å². The van der Waals surface area contributed by atoms with Gasteiger partial charge >= 0.3 is 5.97 Å². The summed E-state index contributed by atoms with van der Waals surface area (Å²) in [4.78, 5) is 35.9. The lowest BCUT2D eigenvalue weighted by atomic mass is 9.63. The normalized spacial score (nSPS) is 17.1. The van der Waals surface area contributed by atoms with Crippen LogP contribution in [0.2, 0.25) is 0 Å². The van der Waals surface area contributed by atoms with Crippen molar-refractivity contribution in [2.45, 2.75) is 45.4 Å². The Balaban J connectivity index is 2.31. The Kier molecular flexibility index (Phi) is 6.18. The standard InChI is InChI=1S/C20H24O6/c1-13-8-10-16(11-9-13)26-17(21)12-20(19(24)25,14(2)18(22)23)15-6-4-3-5-7-15/h8-11,15H,2-7,12H2,1H3,(H,22,23)(H,24,25)/p-2. The van der Waals surface area contributed by atoms with Crippen LogP contribution in [0, 0.1) is 18.3 Å². The third-order valence-corrected chi connectivity index (χ3v) is 5.13. The van der Waals surface area contributed by atoms with Crippen molar-refractivity contribution in [1.29, 1.82) is 0 Å². The van der Waals surface area contributed by atoms with Crippen LogP contribution in [0.1, 0.15) is 44.1 Å². The average Bonchev–Trinajstić information content (AvgIpc) is 2.61.